The SMILES string of the molecule is CCC(C)CC(c1ccccc1)(c1ccccc1)C(C)(C)C(=O)OCCC#N. The van der Waals surface area contributed by atoms with E-state index in [2.05, 4.69) is 38.1 Å². The first-order chi connectivity index (χ1) is 13.4. The van der Waals surface area contributed by atoms with Crippen LogP contribution in [0.1, 0.15) is 58.1 Å². The topological polar surface area (TPSA) is 50.1 Å². The number of esters is 1. The Labute approximate surface area is 169 Å². The molecule has 0 aliphatic heterocycles. The number of nitrogens with zero attached hydrogens (tertiary/aromatic N) is 1. The van der Waals surface area contributed by atoms with Gasteiger partial charge in [0, 0.05) is 5.41 Å². The van der Waals surface area contributed by atoms with Crippen molar-refractivity contribution in [3.63, 3.8) is 0 Å². The normalized spacial score (nSPS) is 12.8. The summed E-state index contributed by atoms with van der Waals surface area (Å²) >= 11 is 0. The fourth-order valence-corrected chi connectivity index (χ4v) is 4.04. The number of nitriles is 1. The van der Waals surface area contributed by atoms with Crippen LogP contribution in [0.5, 0.6) is 0 Å². The number of rotatable bonds is 9. The van der Waals surface area contributed by atoms with E-state index >= 15 is 0 Å². The van der Waals surface area contributed by atoms with Gasteiger partial charge in [-0.1, -0.05) is 80.9 Å². The molecule has 0 aliphatic carbocycles. The molecule has 0 radical (unpaired) electrons. The molecule has 3 nitrogen and oxygen atoms in total. The summed E-state index contributed by atoms with van der Waals surface area (Å²) in [7, 11) is 0. The maximum Gasteiger partial charge on any atom is 0.312 e. The number of hydrogen-bond acceptors (Lipinski definition) is 3. The van der Waals surface area contributed by atoms with Gasteiger partial charge in [0.15, 0.2) is 0 Å². The van der Waals surface area contributed by atoms with E-state index in [-0.39, 0.29) is 19.0 Å². The van der Waals surface area contributed by atoms with Crippen molar-refractivity contribution in [1.29, 1.82) is 5.26 Å². The molecule has 0 fully saturated rings. The summed E-state index contributed by atoms with van der Waals surface area (Å²) in [6, 6.07) is 22.6. The van der Waals surface area contributed by atoms with Gasteiger partial charge in [-0.15, -0.1) is 0 Å². The Morgan fingerprint density at radius 1 is 1.04 bits per heavy atom. The van der Waals surface area contributed by atoms with Gasteiger partial charge in [0.1, 0.15) is 6.61 Å². The standard InChI is InChI=1S/C25H31NO2/c1-5-20(2)19-25(21-13-8-6-9-14-21,22-15-10-7-11-16-22)24(3,4)23(27)28-18-12-17-26/h6-11,13-16,20H,5,12,18-19H2,1-4H3. The highest BCUT2D eigenvalue weighted by molar-refractivity contribution is 5.80. The van der Waals surface area contributed by atoms with Gasteiger partial charge in [-0.2, -0.15) is 5.26 Å². The molecule has 0 N–H and O–H groups in total. The predicted octanol–water partition coefficient (Wildman–Crippen LogP) is 5.89. The molecule has 3 heteroatoms. The van der Waals surface area contributed by atoms with Crippen LogP contribution in [0.3, 0.4) is 0 Å². The van der Waals surface area contributed by atoms with Crippen molar-refractivity contribution in [2.24, 2.45) is 11.3 Å². The number of carbonyl (C=O) groups excluding carboxylic acids is 1. The molecule has 148 valence electrons. The molecule has 2 aromatic carbocycles. The molecule has 0 heterocycles. The Morgan fingerprint density at radius 2 is 1.54 bits per heavy atom. The lowest BCUT2D eigenvalue weighted by atomic mass is 9.55. The molecule has 1 atom stereocenters. The van der Waals surface area contributed by atoms with Gasteiger partial charge < -0.3 is 4.74 Å². The Morgan fingerprint density at radius 3 is 1.96 bits per heavy atom. The molecule has 2 rings (SSSR count). The number of carbonyl (C=O) groups is 1. The second-order valence-corrected chi connectivity index (χ2v) is 8.02. The summed E-state index contributed by atoms with van der Waals surface area (Å²) in [5, 5.41) is 8.81. The van der Waals surface area contributed by atoms with Crippen molar-refractivity contribution in [1.82, 2.24) is 0 Å². The summed E-state index contributed by atoms with van der Waals surface area (Å²) in [5.74, 6) is 0.158. The lowest BCUT2D eigenvalue weighted by Crippen LogP contribution is -2.50. The van der Waals surface area contributed by atoms with Crippen molar-refractivity contribution >= 4 is 5.97 Å². The van der Waals surface area contributed by atoms with E-state index in [0.717, 1.165) is 24.0 Å². The molecule has 0 spiro atoms. The Balaban J connectivity index is 2.68. The van der Waals surface area contributed by atoms with Crippen LogP contribution in [0.4, 0.5) is 0 Å². The van der Waals surface area contributed by atoms with Crippen LogP contribution in [0.2, 0.25) is 0 Å². The molecule has 0 bridgehead atoms. The van der Waals surface area contributed by atoms with Gasteiger partial charge in [0.05, 0.1) is 17.9 Å². The first-order valence-corrected chi connectivity index (χ1v) is 10.0. The first-order valence-electron chi connectivity index (χ1n) is 10.0. The third kappa shape index (κ3) is 4.28. The molecule has 1 unspecified atom stereocenters. The van der Waals surface area contributed by atoms with Gasteiger partial charge in [-0.25, -0.2) is 0 Å². The second kappa shape index (κ2) is 9.55. The van der Waals surface area contributed by atoms with Gasteiger partial charge >= 0.3 is 5.97 Å². The summed E-state index contributed by atoms with van der Waals surface area (Å²) in [6.07, 6.45) is 2.07. The van der Waals surface area contributed by atoms with Crippen LogP contribution in [0.15, 0.2) is 60.7 Å². The fraction of sp³-hybridized carbons (Fsp3) is 0.440. The molecule has 2 aromatic rings. The molecule has 0 saturated heterocycles. The summed E-state index contributed by atoms with van der Waals surface area (Å²) in [6.45, 7) is 8.50. The third-order valence-electron chi connectivity index (χ3n) is 5.91. The first kappa shape index (κ1) is 21.7. The number of hydrogen-bond donors (Lipinski definition) is 0. The Hall–Kier alpha value is -2.60. The maximum atomic E-state index is 13.3. The van der Waals surface area contributed by atoms with E-state index < -0.39 is 10.8 Å². The minimum atomic E-state index is -0.811. The van der Waals surface area contributed by atoms with E-state index in [4.69, 9.17) is 10.00 Å². The lowest BCUT2D eigenvalue weighted by Gasteiger charge is -2.47. The van der Waals surface area contributed by atoms with Crippen molar-refractivity contribution in [3.05, 3.63) is 71.8 Å². The summed E-state index contributed by atoms with van der Waals surface area (Å²) in [5.41, 5.74) is 0.885. The smallest absolute Gasteiger partial charge is 0.312 e. The van der Waals surface area contributed by atoms with Crippen molar-refractivity contribution in [2.75, 3.05) is 6.61 Å². The number of benzene rings is 2. The molecular weight excluding hydrogens is 346 g/mol. The van der Waals surface area contributed by atoms with Gasteiger partial charge in [-0.3, -0.25) is 4.79 Å². The largest absolute Gasteiger partial charge is 0.464 e. The van der Waals surface area contributed by atoms with Crippen LogP contribution >= 0.6 is 0 Å². The van der Waals surface area contributed by atoms with Crippen LogP contribution in [0, 0.1) is 22.7 Å². The average Bonchev–Trinajstić information content (AvgIpc) is 2.73. The molecule has 28 heavy (non-hydrogen) atoms. The average molecular weight is 378 g/mol. The predicted molar refractivity (Wildman–Crippen MR) is 113 cm³/mol. The van der Waals surface area contributed by atoms with Crippen LogP contribution in [0.25, 0.3) is 0 Å². The molecule has 0 aromatic heterocycles. The fourth-order valence-electron chi connectivity index (χ4n) is 4.04. The number of ether oxygens (including phenoxy) is 1. The zero-order valence-corrected chi connectivity index (χ0v) is 17.4. The maximum absolute atomic E-state index is 13.3. The molecular formula is C25H31NO2. The minimum absolute atomic E-state index is 0.127. The monoisotopic (exact) mass is 377 g/mol. The zero-order valence-electron chi connectivity index (χ0n) is 17.4. The lowest BCUT2D eigenvalue weighted by molar-refractivity contribution is -0.157. The van der Waals surface area contributed by atoms with Crippen LogP contribution < -0.4 is 0 Å². The van der Waals surface area contributed by atoms with Crippen molar-refractivity contribution in [3.8, 4) is 6.07 Å². The second-order valence-electron chi connectivity index (χ2n) is 8.02. The van der Waals surface area contributed by atoms with Gasteiger partial charge in [0.2, 0.25) is 0 Å². The van der Waals surface area contributed by atoms with E-state index in [1.807, 2.05) is 56.3 Å². The Bertz CT molecular complexity index is 751. The Kier molecular flexibility index (Phi) is 7.40. The van der Waals surface area contributed by atoms with E-state index in [1.54, 1.807) is 0 Å². The van der Waals surface area contributed by atoms with Crippen LogP contribution in [-0.2, 0) is 14.9 Å². The molecule has 0 amide bonds. The van der Waals surface area contributed by atoms with Gasteiger partial charge in [-0.05, 0) is 37.3 Å². The van der Waals surface area contributed by atoms with Crippen molar-refractivity contribution < 1.29 is 9.53 Å². The third-order valence-corrected chi connectivity index (χ3v) is 5.91. The minimum Gasteiger partial charge on any atom is -0.464 e. The highest BCUT2D eigenvalue weighted by Gasteiger charge is 2.53. The van der Waals surface area contributed by atoms with E-state index in [0.29, 0.717) is 5.92 Å². The summed E-state index contributed by atoms with van der Waals surface area (Å²) < 4.78 is 5.55. The highest BCUT2D eigenvalue weighted by atomic mass is 16.5. The van der Waals surface area contributed by atoms with E-state index in [9.17, 15) is 4.79 Å². The molecule has 0 aliphatic rings. The highest BCUT2D eigenvalue weighted by Crippen LogP contribution is 2.52. The quantitative estimate of drug-likeness (QED) is 0.404. The van der Waals surface area contributed by atoms with E-state index in [1.165, 1.54) is 0 Å². The molecule has 0 saturated carbocycles. The van der Waals surface area contributed by atoms with Gasteiger partial charge in [0.25, 0.3) is 0 Å². The van der Waals surface area contributed by atoms with Crippen molar-refractivity contribution in [2.45, 2.75) is 52.4 Å². The van der Waals surface area contributed by atoms with Crippen LogP contribution in [-0.4, -0.2) is 12.6 Å². The summed E-state index contributed by atoms with van der Waals surface area (Å²) in [4.78, 5) is 13.3. The zero-order chi connectivity index (χ0) is 20.6.